The quantitative estimate of drug-likeness (QED) is 0.935. The highest BCUT2D eigenvalue weighted by Crippen LogP contribution is 2.20. The summed E-state index contributed by atoms with van der Waals surface area (Å²) in [6.45, 7) is 0. The molecule has 0 aliphatic heterocycles. The second kappa shape index (κ2) is 5.23. The van der Waals surface area contributed by atoms with Crippen molar-refractivity contribution in [1.29, 1.82) is 0 Å². The number of nitrogens with zero attached hydrogens (tertiary/aromatic N) is 1. The van der Waals surface area contributed by atoms with Gasteiger partial charge in [-0.15, -0.1) is 0 Å². The van der Waals surface area contributed by atoms with E-state index in [2.05, 4.69) is 20.9 Å². The Balaban J connectivity index is 2.12. The molecule has 1 unspecified atom stereocenters. The van der Waals surface area contributed by atoms with Crippen LogP contribution >= 0.6 is 15.9 Å². The second-order valence-electron chi connectivity index (χ2n) is 3.64. The maximum absolute atomic E-state index is 10.0. The van der Waals surface area contributed by atoms with E-state index in [0.29, 0.717) is 6.42 Å². The standard InChI is InChI=1S/C13H12BrNO/c14-12-7-11(8-15-9-12)13(16)6-10-4-2-1-3-5-10/h1-5,7-9,13,16H,6H2. The minimum absolute atomic E-state index is 0.507. The molecule has 1 N–H and O–H groups in total. The lowest BCUT2D eigenvalue weighted by atomic mass is 10.0. The highest BCUT2D eigenvalue weighted by molar-refractivity contribution is 9.10. The van der Waals surface area contributed by atoms with Gasteiger partial charge in [-0.05, 0) is 27.6 Å². The molecule has 0 aliphatic rings. The van der Waals surface area contributed by atoms with E-state index in [1.165, 1.54) is 0 Å². The van der Waals surface area contributed by atoms with Crippen molar-refractivity contribution in [3.8, 4) is 0 Å². The van der Waals surface area contributed by atoms with Crippen molar-refractivity contribution in [3.05, 3.63) is 64.4 Å². The van der Waals surface area contributed by atoms with E-state index < -0.39 is 6.10 Å². The monoisotopic (exact) mass is 277 g/mol. The number of benzene rings is 1. The molecule has 0 aliphatic carbocycles. The molecular weight excluding hydrogens is 266 g/mol. The van der Waals surface area contributed by atoms with Crippen molar-refractivity contribution >= 4 is 15.9 Å². The third-order valence-electron chi connectivity index (χ3n) is 2.38. The van der Waals surface area contributed by atoms with Crippen molar-refractivity contribution in [2.24, 2.45) is 0 Å². The molecule has 1 atom stereocenters. The number of hydrogen-bond acceptors (Lipinski definition) is 2. The Labute approximate surface area is 103 Å². The second-order valence-corrected chi connectivity index (χ2v) is 4.56. The molecule has 3 heteroatoms. The average Bonchev–Trinajstić information content (AvgIpc) is 2.30. The number of aromatic nitrogens is 1. The lowest BCUT2D eigenvalue weighted by Gasteiger charge is -2.10. The predicted molar refractivity (Wildman–Crippen MR) is 67.0 cm³/mol. The Morgan fingerprint density at radius 3 is 2.62 bits per heavy atom. The average molecular weight is 278 g/mol. The fourth-order valence-electron chi connectivity index (χ4n) is 1.57. The number of aliphatic hydroxyl groups excluding tert-OH is 1. The fourth-order valence-corrected chi connectivity index (χ4v) is 1.95. The van der Waals surface area contributed by atoms with Gasteiger partial charge in [0.05, 0.1) is 6.10 Å². The van der Waals surface area contributed by atoms with E-state index in [9.17, 15) is 5.11 Å². The Morgan fingerprint density at radius 2 is 1.94 bits per heavy atom. The molecule has 1 aromatic heterocycles. The van der Waals surface area contributed by atoms with Crippen LogP contribution < -0.4 is 0 Å². The molecule has 0 saturated heterocycles. The number of pyridine rings is 1. The summed E-state index contributed by atoms with van der Waals surface area (Å²) in [5.41, 5.74) is 1.95. The van der Waals surface area contributed by atoms with Gasteiger partial charge in [0.1, 0.15) is 0 Å². The van der Waals surface area contributed by atoms with Gasteiger partial charge in [-0.3, -0.25) is 4.98 Å². The summed E-state index contributed by atoms with van der Waals surface area (Å²) in [5.74, 6) is 0. The van der Waals surface area contributed by atoms with Gasteiger partial charge in [0, 0.05) is 28.9 Å². The Bertz CT molecular complexity index is 458. The van der Waals surface area contributed by atoms with E-state index in [-0.39, 0.29) is 0 Å². The Kier molecular flexibility index (Phi) is 3.70. The number of aliphatic hydroxyl groups is 1. The topological polar surface area (TPSA) is 33.1 Å². The molecule has 0 radical (unpaired) electrons. The zero-order valence-electron chi connectivity index (χ0n) is 8.68. The third-order valence-corrected chi connectivity index (χ3v) is 2.82. The number of hydrogen-bond donors (Lipinski definition) is 1. The summed E-state index contributed by atoms with van der Waals surface area (Å²) in [6.07, 6.45) is 3.50. The van der Waals surface area contributed by atoms with Crippen molar-refractivity contribution < 1.29 is 5.11 Å². The lowest BCUT2D eigenvalue weighted by molar-refractivity contribution is 0.178. The van der Waals surface area contributed by atoms with Crippen LogP contribution in [0.15, 0.2) is 53.3 Å². The molecule has 0 amide bonds. The van der Waals surface area contributed by atoms with Crippen LogP contribution in [0.25, 0.3) is 0 Å². The minimum atomic E-state index is -0.507. The molecule has 16 heavy (non-hydrogen) atoms. The summed E-state index contributed by atoms with van der Waals surface area (Å²) in [7, 11) is 0. The summed E-state index contributed by atoms with van der Waals surface area (Å²) in [6, 6.07) is 11.8. The van der Waals surface area contributed by atoms with E-state index in [0.717, 1.165) is 15.6 Å². The molecule has 1 aromatic carbocycles. The van der Waals surface area contributed by atoms with Crippen molar-refractivity contribution in [2.45, 2.75) is 12.5 Å². The fraction of sp³-hybridized carbons (Fsp3) is 0.154. The maximum atomic E-state index is 10.0. The largest absolute Gasteiger partial charge is 0.388 e. The van der Waals surface area contributed by atoms with Crippen LogP contribution in [-0.2, 0) is 6.42 Å². The van der Waals surface area contributed by atoms with Crippen LogP contribution in [0.2, 0.25) is 0 Å². The molecule has 82 valence electrons. The van der Waals surface area contributed by atoms with Crippen molar-refractivity contribution in [2.75, 3.05) is 0 Å². The summed E-state index contributed by atoms with van der Waals surface area (Å²) in [5, 5.41) is 10.0. The molecule has 0 spiro atoms. The Morgan fingerprint density at radius 1 is 1.19 bits per heavy atom. The van der Waals surface area contributed by atoms with Gasteiger partial charge in [0.2, 0.25) is 0 Å². The van der Waals surface area contributed by atoms with Crippen LogP contribution in [0.5, 0.6) is 0 Å². The first-order valence-corrected chi connectivity index (χ1v) is 5.87. The predicted octanol–water partition coefficient (Wildman–Crippen LogP) is 3.12. The molecule has 0 fully saturated rings. The van der Waals surface area contributed by atoms with Gasteiger partial charge in [-0.1, -0.05) is 30.3 Å². The third kappa shape index (κ3) is 2.90. The number of halogens is 1. The van der Waals surface area contributed by atoms with Gasteiger partial charge in [0.15, 0.2) is 0 Å². The van der Waals surface area contributed by atoms with Crippen LogP contribution in [0.1, 0.15) is 17.2 Å². The first-order valence-electron chi connectivity index (χ1n) is 5.08. The van der Waals surface area contributed by atoms with Gasteiger partial charge >= 0.3 is 0 Å². The maximum Gasteiger partial charge on any atom is 0.0845 e. The molecule has 0 saturated carbocycles. The summed E-state index contributed by atoms with van der Waals surface area (Å²) < 4.78 is 0.886. The zero-order valence-corrected chi connectivity index (χ0v) is 10.3. The van der Waals surface area contributed by atoms with Crippen LogP contribution in [0, 0.1) is 0 Å². The normalized spacial score (nSPS) is 12.4. The molecule has 0 bridgehead atoms. The highest BCUT2D eigenvalue weighted by Gasteiger charge is 2.08. The van der Waals surface area contributed by atoms with Crippen molar-refractivity contribution in [3.63, 3.8) is 0 Å². The first-order chi connectivity index (χ1) is 7.75. The summed E-state index contributed by atoms with van der Waals surface area (Å²) >= 11 is 3.34. The zero-order chi connectivity index (χ0) is 11.4. The van der Waals surface area contributed by atoms with Gasteiger partial charge in [-0.2, -0.15) is 0 Å². The van der Waals surface area contributed by atoms with E-state index >= 15 is 0 Å². The minimum Gasteiger partial charge on any atom is -0.388 e. The molecule has 1 heterocycles. The molecular formula is C13H12BrNO. The van der Waals surface area contributed by atoms with Crippen LogP contribution in [0.3, 0.4) is 0 Å². The lowest BCUT2D eigenvalue weighted by Crippen LogP contribution is -2.02. The molecule has 2 rings (SSSR count). The first kappa shape index (κ1) is 11.3. The van der Waals surface area contributed by atoms with E-state index in [1.807, 2.05) is 36.4 Å². The van der Waals surface area contributed by atoms with Gasteiger partial charge in [0.25, 0.3) is 0 Å². The Hall–Kier alpha value is -1.19. The number of rotatable bonds is 3. The highest BCUT2D eigenvalue weighted by atomic mass is 79.9. The SMILES string of the molecule is OC(Cc1ccccc1)c1cncc(Br)c1. The van der Waals surface area contributed by atoms with Crippen LogP contribution in [-0.4, -0.2) is 10.1 Å². The van der Waals surface area contributed by atoms with Crippen LogP contribution in [0.4, 0.5) is 0 Å². The van der Waals surface area contributed by atoms with Gasteiger partial charge < -0.3 is 5.11 Å². The molecule has 2 aromatic rings. The van der Waals surface area contributed by atoms with E-state index in [1.54, 1.807) is 12.4 Å². The van der Waals surface area contributed by atoms with Crippen molar-refractivity contribution in [1.82, 2.24) is 4.98 Å². The molecule has 2 nitrogen and oxygen atoms in total. The smallest absolute Gasteiger partial charge is 0.0845 e. The van der Waals surface area contributed by atoms with Gasteiger partial charge in [-0.25, -0.2) is 0 Å². The summed E-state index contributed by atoms with van der Waals surface area (Å²) in [4.78, 5) is 4.04. The van der Waals surface area contributed by atoms with E-state index in [4.69, 9.17) is 0 Å².